The van der Waals surface area contributed by atoms with Gasteiger partial charge < -0.3 is 9.89 Å². The van der Waals surface area contributed by atoms with Crippen molar-refractivity contribution in [3.8, 4) is 0 Å². The molecular weight excluding hydrogens is 186 g/mol. The van der Waals surface area contributed by atoms with Gasteiger partial charge in [-0.15, -0.1) is 0 Å². The first-order valence-electron chi connectivity index (χ1n) is 5.92. The maximum atomic E-state index is 4.01. The van der Waals surface area contributed by atoms with Crippen LogP contribution in [0.5, 0.6) is 0 Å². The van der Waals surface area contributed by atoms with Gasteiger partial charge in [0.15, 0.2) is 0 Å². The van der Waals surface area contributed by atoms with E-state index in [9.17, 15) is 0 Å². The minimum absolute atomic E-state index is 0.330. The highest BCUT2D eigenvalue weighted by molar-refractivity contribution is 5.56. The molecule has 1 fully saturated rings. The fraction of sp³-hybridized carbons (Fsp3) is 0.917. The summed E-state index contributed by atoms with van der Waals surface area (Å²) < 4.78 is 0. The van der Waals surface area contributed by atoms with Crippen molar-refractivity contribution in [1.29, 1.82) is 0 Å². The molecule has 0 unspecified atom stereocenters. The zero-order chi connectivity index (χ0) is 11.3. The van der Waals surface area contributed by atoms with Crippen LogP contribution in [0.4, 0.5) is 0 Å². The molecule has 0 aromatic rings. The van der Waals surface area contributed by atoms with E-state index >= 15 is 0 Å². The Morgan fingerprint density at radius 3 is 2.20 bits per heavy atom. The molecule has 0 radical (unpaired) electrons. The molecule has 15 heavy (non-hydrogen) atoms. The minimum Gasteiger partial charge on any atom is -0.301 e. The molecule has 0 aromatic carbocycles. The lowest BCUT2D eigenvalue weighted by Gasteiger charge is -2.42. The van der Waals surface area contributed by atoms with Crippen molar-refractivity contribution >= 4 is 6.21 Å². The molecule has 0 atom stereocenters. The lowest BCUT2D eigenvalue weighted by molar-refractivity contribution is 0.0637. The van der Waals surface area contributed by atoms with Crippen molar-refractivity contribution in [1.82, 2.24) is 9.80 Å². The minimum atomic E-state index is 0.330. The van der Waals surface area contributed by atoms with Gasteiger partial charge in [-0.2, -0.15) is 0 Å². The van der Waals surface area contributed by atoms with Crippen LogP contribution in [0.25, 0.3) is 0 Å². The maximum Gasteiger partial charge on any atom is 0.0273 e. The number of piperazine rings is 1. The van der Waals surface area contributed by atoms with Crippen LogP contribution in [0, 0.1) is 0 Å². The first kappa shape index (κ1) is 12.7. The SMILES string of the molecule is C/N=C/CCN1CCN(C(C)(C)C)CC1. The van der Waals surface area contributed by atoms with E-state index in [1.165, 1.54) is 26.2 Å². The summed E-state index contributed by atoms with van der Waals surface area (Å²) in [6.07, 6.45) is 3.10. The molecule has 3 heteroatoms. The quantitative estimate of drug-likeness (QED) is 0.659. The van der Waals surface area contributed by atoms with Gasteiger partial charge in [-0.1, -0.05) is 0 Å². The molecule has 88 valence electrons. The molecule has 0 bridgehead atoms. The highest BCUT2D eigenvalue weighted by atomic mass is 15.3. The zero-order valence-electron chi connectivity index (χ0n) is 10.7. The summed E-state index contributed by atoms with van der Waals surface area (Å²) in [5.74, 6) is 0. The van der Waals surface area contributed by atoms with Crippen molar-refractivity contribution in [2.75, 3.05) is 39.8 Å². The third kappa shape index (κ3) is 4.31. The van der Waals surface area contributed by atoms with Crippen molar-refractivity contribution in [3.05, 3.63) is 0 Å². The lowest BCUT2D eigenvalue weighted by atomic mass is 10.0. The fourth-order valence-corrected chi connectivity index (χ4v) is 2.01. The van der Waals surface area contributed by atoms with Gasteiger partial charge in [0.05, 0.1) is 0 Å². The van der Waals surface area contributed by atoms with E-state index in [0.29, 0.717) is 5.54 Å². The Balaban J connectivity index is 2.24. The molecule has 3 nitrogen and oxygen atoms in total. The summed E-state index contributed by atoms with van der Waals surface area (Å²) in [6, 6.07) is 0. The van der Waals surface area contributed by atoms with Crippen molar-refractivity contribution in [2.45, 2.75) is 32.7 Å². The zero-order valence-corrected chi connectivity index (χ0v) is 10.7. The monoisotopic (exact) mass is 211 g/mol. The third-order valence-electron chi connectivity index (χ3n) is 3.08. The Morgan fingerprint density at radius 2 is 1.73 bits per heavy atom. The summed E-state index contributed by atoms with van der Waals surface area (Å²) in [6.45, 7) is 12.9. The van der Waals surface area contributed by atoms with Gasteiger partial charge in [0.2, 0.25) is 0 Å². The first-order valence-corrected chi connectivity index (χ1v) is 5.92. The van der Waals surface area contributed by atoms with Crippen LogP contribution in [-0.4, -0.2) is 61.3 Å². The van der Waals surface area contributed by atoms with Crippen LogP contribution in [0.15, 0.2) is 4.99 Å². The Labute approximate surface area is 94.2 Å². The predicted octanol–water partition coefficient (Wildman–Crippen LogP) is 1.49. The van der Waals surface area contributed by atoms with E-state index in [0.717, 1.165) is 13.0 Å². The molecule has 0 aromatic heterocycles. The van der Waals surface area contributed by atoms with E-state index < -0.39 is 0 Å². The van der Waals surface area contributed by atoms with Gasteiger partial charge in [-0.25, -0.2) is 0 Å². The van der Waals surface area contributed by atoms with E-state index in [2.05, 4.69) is 35.6 Å². The van der Waals surface area contributed by atoms with Gasteiger partial charge in [-0.05, 0) is 33.4 Å². The topological polar surface area (TPSA) is 18.8 Å². The molecule has 1 rings (SSSR count). The predicted molar refractivity (Wildman–Crippen MR) is 66.8 cm³/mol. The standard InChI is InChI=1S/C12H25N3/c1-12(2,3)15-10-8-14(9-11-15)7-5-6-13-4/h6H,5,7-11H2,1-4H3/b13-6+. The van der Waals surface area contributed by atoms with Crippen LogP contribution in [0.3, 0.4) is 0 Å². The summed E-state index contributed by atoms with van der Waals surface area (Å²) >= 11 is 0. The Kier molecular flexibility index (Phi) is 4.74. The van der Waals surface area contributed by atoms with Crippen LogP contribution in [-0.2, 0) is 0 Å². The average Bonchev–Trinajstić information content (AvgIpc) is 2.18. The molecule has 0 spiro atoms. The maximum absolute atomic E-state index is 4.01. The van der Waals surface area contributed by atoms with E-state index in [1.54, 1.807) is 0 Å². The molecule has 0 saturated carbocycles. The highest BCUT2D eigenvalue weighted by Crippen LogP contribution is 2.15. The van der Waals surface area contributed by atoms with Gasteiger partial charge in [-0.3, -0.25) is 4.90 Å². The normalized spacial score (nSPS) is 21.3. The Bertz CT molecular complexity index is 197. The number of aliphatic imine (C=N–C) groups is 1. The molecule has 1 aliphatic rings. The highest BCUT2D eigenvalue weighted by Gasteiger charge is 2.25. The van der Waals surface area contributed by atoms with Crippen molar-refractivity contribution in [3.63, 3.8) is 0 Å². The smallest absolute Gasteiger partial charge is 0.0273 e. The first-order chi connectivity index (χ1) is 7.04. The number of nitrogens with zero attached hydrogens (tertiary/aromatic N) is 3. The number of hydrogen-bond donors (Lipinski definition) is 0. The second-order valence-electron chi connectivity index (χ2n) is 5.23. The summed E-state index contributed by atoms with van der Waals surface area (Å²) in [5, 5.41) is 0. The molecule has 1 aliphatic heterocycles. The van der Waals surface area contributed by atoms with Gasteiger partial charge in [0, 0.05) is 45.3 Å². The fourth-order valence-electron chi connectivity index (χ4n) is 2.01. The molecule has 0 aliphatic carbocycles. The summed E-state index contributed by atoms with van der Waals surface area (Å²) in [7, 11) is 1.84. The van der Waals surface area contributed by atoms with Gasteiger partial charge in [0.1, 0.15) is 0 Å². The van der Waals surface area contributed by atoms with Crippen LogP contribution < -0.4 is 0 Å². The van der Waals surface area contributed by atoms with Crippen molar-refractivity contribution < 1.29 is 0 Å². The van der Waals surface area contributed by atoms with E-state index in [1.807, 2.05) is 13.3 Å². The molecule has 1 saturated heterocycles. The molecular formula is C12H25N3. The van der Waals surface area contributed by atoms with Crippen molar-refractivity contribution in [2.24, 2.45) is 4.99 Å². The van der Waals surface area contributed by atoms with E-state index in [4.69, 9.17) is 0 Å². The number of rotatable bonds is 3. The Morgan fingerprint density at radius 1 is 1.13 bits per heavy atom. The lowest BCUT2D eigenvalue weighted by Crippen LogP contribution is -2.53. The molecule has 1 heterocycles. The van der Waals surface area contributed by atoms with Gasteiger partial charge >= 0.3 is 0 Å². The largest absolute Gasteiger partial charge is 0.301 e. The third-order valence-corrected chi connectivity index (χ3v) is 3.08. The van der Waals surface area contributed by atoms with E-state index in [-0.39, 0.29) is 0 Å². The van der Waals surface area contributed by atoms with Crippen LogP contribution in [0.2, 0.25) is 0 Å². The summed E-state index contributed by atoms with van der Waals surface area (Å²) in [4.78, 5) is 9.11. The average molecular weight is 211 g/mol. The van der Waals surface area contributed by atoms with Crippen LogP contribution in [0.1, 0.15) is 27.2 Å². The second-order valence-corrected chi connectivity index (χ2v) is 5.23. The second kappa shape index (κ2) is 5.61. The van der Waals surface area contributed by atoms with Crippen LogP contribution >= 0.6 is 0 Å². The molecule has 0 amide bonds. The Hall–Kier alpha value is -0.410. The summed E-state index contributed by atoms with van der Waals surface area (Å²) in [5.41, 5.74) is 0.330. The number of hydrogen-bond acceptors (Lipinski definition) is 3. The molecule has 0 N–H and O–H groups in total. The van der Waals surface area contributed by atoms with Gasteiger partial charge in [0.25, 0.3) is 0 Å².